The lowest BCUT2D eigenvalue weighted by Crippen LogP contribution is -2.43. The highest BCUT2D eigenvalue weighted by Gasteiger charge is 2.24. The van der Waals surface area contributed by atoms with Gasteiger partial charge in [0, 0.05) is 36.0 Å². The maximum absolute atomic E-state index is 12.2. The number of nitrogens with zero attached hydrogens (tertiary/aromatic N) is 2. The molecule has 2 aromatic rings. The second-order valence-corrected chi connectivity index (χ2v) is 4.58. The average molecular weight is 315 g/mol. The van der Waals surface area contributed by atoms with Crippen LogP contribution in [-0.2, 0) is 16.0 Å². The maximum atomic E-state index is 12.2. The summed E-state index contributed by atoms with van der Waals surface area (Å²) in [5, 5.41) is 11.3. The number of nitrogens with one attached hydrogen (secondary N) is 2. The van der Waals surface area contributed by atoms with Gasteiger partial charge in [0.2, 0.25) is 0 Å². The van der Waals surface area contributed by atoms with Crippen LogP contribution in [0.25, 0.3) is 4.85 Å². The van der Waals surface area contributed by atoms with E-state index in [-0.39, 0.29) is 6.42 Å². The van der Waals surface area contributed by atoms with E-state index in [1.54, 1.807) is 12.1 Å². The first-order valence-electron chi connectivity index (χ1n) is 6.70. The molecule has 0 unspecified atom stereocenters. The molecule has 0 aliphatic rings. The lowest BCUT2D eigenvalue weighted by molar-refractivity contribution is -0.154. The standard InChI is InChI=1S/C15H14N4O4/c1-16-11-4-2-10(3-5-11)14(21)19-13(15(22)23-9-20)6-12-7-17-8-18-12/h1-5,7-8,13,20H,6,9H2,(H-,17,18,19,21)/p+1/t13-/m1/s1. The Labute approximate surface area is 131 Å². The Morgan fingerprint density at radius 1 is 1.39 bits per heavy atom. The van der Waals surface area contributed by atoms with Crippen LogP contribution >= 0.6 is 0 Å². The number of ether oxygens (including phenoxy) is 1. The first kappa shape index (κ1) is 16.2. The van der Waals surface area contributed by atoms with Gasteiger partial charge in [0.25, 0.3) is 12.5 Å². The molecule has 0 saturated carbocycles. The number of benzene rings is 1. The molecule has 2 rings (SSSR count). The predicted molar refractivity (Wildman–Crippen MR) is 81.1 cm³/mol. The van der Waals surface area contributed by atoms with Crippen molar-refractivity contribution in [3.8, 4) is 6.57 Å². The summed E-state index contributed by atoms with van der Waals surface area (Å²) in [5.41, 5.74) is 1.50. The van der Waals surface area contributed by atoms with E-state index in [0.717, 1.165) is 0 Å². The number of carbonyl (C=O) groups is 2. The third kappa shape index (κ3) is 4.39. The van der Waals surface area contributed by atoms with E-state index < -0.39 is 24.7 Å². The smallest absolute Gasteiger partial charge is 0.339 e. The van der Waals surface area contributed by atoms with Crippen LogP contribution in [0.15, 0.2) is 36.8 Å². The van der Waals surface area contributed by atoms with Crippen LogP contribution in [0.5, 0.6) is 0 Å². The Morgan fingerprint density at radius 3 is 2.70 bits per heavy atom. The summed E-state index contributed by atoms with van der Waals surface area (Å²) in [6.07, 6.45) is 3.14. The number of imidazole rings is 1. The van der Waals surface area contributed by atoms with Crippen LogP contribution in [0.1, 0.15) is 16.1 Å². The SMILES string of the molecule is C#[N+]c1ccc(C(=O)N[C@H](Cc2cnc[nH]2)C(=O)OCO)cc1. The second-order valence-electron chi connectivity index (χ2n) is 4.58. The molecule has 0 fully saturated rings. The molecule has 1 atom stereocenters. The van der Waals surface area contributed by atoms with E-state index in [2.05, 4.69) is 24.9 Å². The van der Waals surface area contributed by atoms with Crippen molar-refractivity contribution in [2.45, 2.75) is 12.5 Å². The van der Waals surface area contributed by atoms with Gasteiger partial charge in [0.05, 0.1) is 6.33 Å². The molecule has 0 aliphatic heterocycles. The molecule has 0 spiro atoms. The average Bonchev–Trinajstić information content (AvgIpc) is 3.07. The third-order valence-corrected chi connectivity index (χ3v) is 3.05. The van der Waals surface area contributed by atoms with Crippen LogP contribution in [0.4, 0.5) is 5.69 Å². The fraction of sp³-hybridized carbons (Fsp3) is 0.200. The van der Waals surface area contributed by atoms with Gasteiger partial charge in [-0.15, -0.1) is 0 Å². The summed E-state index contributed by atoms with van der Waals surface area (Å²) < 4.78 is 4.56. The first-order chi connectivity index (χ1) is 11.1. The molecule has 8 heteroatoms. The summed E-state index contributed by atoms with van der Waals surface area (Å²) in [4.78, 5) is 34.3. The zero-order valence-corrected chi connectivity index (χ0v) is 12.1. The Bertz CT molecular complexity index is 704. The van der Waals surface area contributed by atoms with E-state index in [9.17, 15) is 9.59 Å². The van der Waals surface area contributed by atoms with Crippen LogP contribution in [0.2, 0.25) is 0 Å². The fourth-order valence-corrected chi connectivity index (χ4v) is 1.91. The van der Waals surface area contributed by atoms with Gasteiger partial charge in [-0.3, -0.25) is 4.79 Å². The molecule has 0 radical (unpaired) electrons. The number of aromatic amines is 1. The van der Waals surface area contributed by atoms with Crippen molar-refractivity contribution in [1.82, 2.24) is 15.3 Å². The minimum absolute atomic E-state index is 0.154. The van der Waals surface area contributed by atoms with E-state index in [0.29, 0.717) is 16.9 Å². The zero-order valence-electron chi connectivity index (χ0n) is 12.1. The molecule has 8 nitrogen and oxygen atoms in total. The molecule has 3 N–H and O–H groups in total. The highest BCUT2D eigenvalue weighted by Crippen LogP contribution is 2.13. The van der Waals surface area contributed by atoms with E-state index in [4.69, 9.17) is 11.7 Å². The Kier molecular flexibility index (Phi) is 5.44. The molecule has 118 valence electrons. The van der Waals surface area contributed by atoms with Gasteiger partial charge >= 0.3 is 11.7 Å². The molecule has 23 heavy (non-hydrogen) atoms. The summed E-state index contributed by atoms with van der Waals surface area (Å²) in [6, 6.07) is 5.25. The lowest BCUT2D eigenvalue weighted by Gasteiger charge is -2.16. The normalized spacial score (nSPS) is 11.3. The van der Waals surface area contributed by atoms with E-state index in [1.807, 2.05) is 0 Å². The molecule has 1 amide bonds. The Balaban J connectivity index is 2.10. The minimum atomic E-state index is -0.964. The monoisotopic (exact) mass is 315 g/mol. The van der Waals surface area contributed by atoms with Gasteiger partial charge < -0.3 is 20.1 Å². The van der Waals surface area contributed by atoms with Gasteiger partial charge in [0.15, 0.2) is 6.79 Å². The third-order valence-electron chi connectivity index (χ3n) is 3.05. The number of hydrogen-bond acceptors (Lipinski definition) is 5. The number of amides is 1. The zero-order chi connectivity index (χ0) is 16.7. The molecule has 1 aromatic heterocycles. The molecule has 1 heterocycles. The number of rotatable bonds is 6. The lowest BCUT2D eigenvalue weighted by atomic mass is 10.1. The van der Waals surface area contributed by atoms with Crippen molar-refractivity contribution >= 4 is 17.6 Å². The first-order valence-corrected chi connectivity index (χ1v) is 6.70. The number of aromatic nitrogens is 2. The summed E-state index contributed by atoms with van der Waals surface area (Å²) in [5.74, 6) is -1.21. The van der Waals surface area contributed by atoms with E-state index >= 15 is 0 Å². The van der Waals surface area contributed by atoms with Crippen LogP contribution < -0.4 is 5.32 Å². The number of esters is 1. The number of aliphatic hydroxyl groups excluding tert-OH is 1. The highest BCUT2D eigenvalue weighted by atomic mass is 16.6. The van der Waals surface area contributed by atoms with Gasteiger partial charge in [-0.1, -0.05) is 0 Å². The van der Waals surface area contributed by atoms with Crippen molar-refractivity contribution in [2.75, 3.05) is 6.79 Å². The highest BCUT2D eigenvalue weighted by molar-refractivity contribution is 5.97. The van der Waals surface area contributed by atoms with Crippen LogP contribution in [0, 0.1) is 6.57 Å². The van der Waals surface area contributed by atoms with Crippen molar-refractivity contribution in [1.29, 1.82) is 0 Å². The number of carbonyl (C=O) groups excluding carboxylic acids is 2. The number of hydrogen-bond donors (Lipinski definition) is 3. The topological polar surface area (TPSA) is 109 Å². The van der Waals surface area contributed by atoms with Gasteiger partial charge in [0.1, 0.15) is 6.04 Å². The number of H-pyrrole nitrogens is 1. The van der Waals surface area contributed by atoms with Gasteiger partial charge in [-0.25, -0.2) is 9.78 Å². The number of aliphatic hydroxyl groups is 1. The molecule has 0 saturated heterocycles. The molecule has 1 aromatic carbocycles. The largest absolute Gasteiger partial charge is 0.437 e. The van der Waals surface area contributed by atoms with Crippen molar-refractivity contribution in [2.24, 2.45) is 0 Å². The summed E-state index contributed by atoms with van der Waals surface area (Å²) in [7, 11) is 0. The van der Waals surface area contributed by atoms with E-state index in [1.165, 1.54) is 24.7 Å². The van der Waals surface area contributed by atoms with Crippen molar-refractivity contribution < 1.29 is 19.4 Å². The van der Waals surface area contributed by atoms with Crippen molar-refractivity contribution in [3.63, 3.8) is 0 Å². The predicted octanol–water partition coefficient (Wildman–Crippen LogP) is 0.838. The fourth-order valence-electron chi connectivity index (χ4n) is 1.91. The molecule has 0 aliphatic carbocycles. The quantitative estimate of drug-likeness (QED) is 0.540. The Hall–Kier alpha value is -3.18. The Morgan fingerprint density at radius 2 is 2.13 bits per heavy atom. The molecular weight excluding hydrogens is 300 g/mol. The maximum Gasteiger partial charge on any atom is 0.339 e. The minimum Gasteiger partial charge on any atom is -0.437 e. The van der Waals surface area contributed by atoms with Crippen LogP contribution in [-0.4, -0.2) is 39.8 Å². The van der Waals surface area contributed by atoms with Crippen LogP contribution in [0.3, 0.4) is 0 Å². The molecule has 0 bridgehead atoms. The van der Waals surface area contributed by atoms with Gasteiger partial charge in [-0.2, -0.15) is 0 Å². The van der Waals surface area contributed by atoms with Gasteiger partial charge in [-0.05, 0) is 17.0 Å². The second kappa shape index (κ2) is 7.72. The van der Waals surface area contributed by atoms with Crippen molar-refractivity contribution in [3.05, 3.63) is 52.9 Å². The summed E-state index contributed by atoms with van der Waals surface area (Å²) >= 11 is 0. The summed E-state index contributed by atoms with van der Waals surface area (Å²) in [6.45, 7) is 4.37. The molecular formula is C15H15N4O4+.